The molecule has 15 heteroatoms. The van der Waals surface area contributed by atoms with E-state index < -0.39 is 47.8 Å². The summed E-state index contributed by atoms with van der Waals surface area (Å²) in [5.74, 6) is -1.83. The lowest BCUT2D eigenvalue weighted by atomic mass is 10.1. The standard InChI is InChI=1S/C23H20ClF4N5O4S/c24-13-3-1-12(2-4-13)9-33-17-7-14(15(25)8-18(17)38(35)11-16(29)21(33)34)20-30-22(37-31-20)32-5-6-36-19(10-32)23(26,27)28/h1-4,7-8,16,19H,5-6,9-11,29H2/t16-,19?,38?/m0/s1. The Labute approximate surface area is 221 Å². The van der Waals surface area contributed by atoms with Gasteiger partial charge in [0.15, 0.2) is 11.0 Å². The van der Waals surface area contributed by atoms with Crippen LogP contribution in [0.1, 0.15) is 5.56 Å². The molecule has 2 N–H and O–H groups in total. The molecule has 38 heavy (non-hydrogen) atoms. The molecule has 5 rings (SSSR count). The van der Waals surface area contributed by atoms with Crippen LogP contribution >= 0.6 is 11.6 Å². The van der Waals surface area contributed by atoms with E-state index in [4.69, 9.17) is 26.6 Å². The molecule has 0 spiro atoms. The van der Waals surface area contributed by atoms with Crippen molar-refractivity contribution in [1.29, 1.82) is 0 Å². The quantitative estimate of drug-likeness (QED) is 0.373. The summed E-state index contributed by atoms with van der Waals surface area (Å²) in [5, 5.41) is 4.24. The molecule has 3 atom stereocenters. The summed E-state index contributed by atoms with van der Waals surface area (Å²) in [7, 11) is 0. The van der Waals surface area contributed by atoms with Gasteiger partial charge in [0.05, 0.1) is 25.3 Å². The van der Waals surface area contributed by atoms with Gasteiger partial charge in [0.2, 0.25) is 11.7 Å². The monoisotopic (exact) mass is 573 g/mol. The number of rotatable bonds is 4. The molecule has 2 aliphatic heterocycles. The molecule has 1 amide bonds. The highest BCUT2D eigenvalue weighted by Crippen LogP contribution is 2.37. The Morgan fingerprint density at radius 2 is 1.97 bits per heavy atom. The third-order valence-corrected chi connectivity index (χ3v) is 7.84. The highest BCUT2D eigenvalue weighted by molar-refractivity contribution is 7.91. The third-order valence-electron chi connectivity index (χ3n) is 6.11. The molecule has 0 aliphatic carbocycles. The maximum Gasteiger partial charge on any atom is 0.416 e. The van der Waals surface area contributed by atoms with Crippen molar-refractivity contribution in [2.45, 2.75) is 29.8 Å². The summed E-state index contributed by atoms with van der Waals surface area (Å²) < 4.78 is 77.4. The second kappa shape index (κ2) is 10.3. The van der Waals surface area contributed by atoms with Crippen LogP contribution in [0.3, 0.4) is 0 Å². The van der Waals surface area contributed by atoms with Crippen molar-refractivity contribution < 1.29 is 36.2 Å². The average Bonchev–Trinajstić information content (AvgIpc) is 3.35. The predicted molar refractivity (Wildman–Crippen MR) is 130 cm³/mol. The molecule has 2 unspecified atom stereocenters. The summed E-state index contributed by atoms with van der Waals surface area (Å²) in [6.07, 6.45) is -6.62. The first kappa shape index (κ1) is 26.7. The summed E-state index contributed by atoms with van der Waals surface area (Å²) in [6, 6.07) is 7.64. The second-order valence-electron chi connectivity index (χ2n) is 8.72. The van der Waals surface area contributed by atoms with Gasteiger partial charge in [0, 0.05) is 17.6 Å². The minimum Gasteiger partial charge on any atom is -0.611 e. The summed E-state index contributed by atoms with van der Waals surface area (Å²) >= 11 is 4.16. The van der Waals surface area contributed by atoms with Crippen molar-refractivity contribution in [3.63, 3.8) is 0 Å². The number of anilines is 2. The van der Waals surface area contributed by atoms with Crippen LogP contribution in [0.2, 0.25) is 5.02 Å². The fraction of sp³-hybridized carbons (Fsp3) is 0.348. The summed E-state index contributed by atoms with van der Waals surface area (Å²) in [5.41, 5.74) is 6.63. The van der Waals surface area contributed by atoms with E-state index in [1.165, 1.54) is 15.9 Å². The molecule has 0 saturated carbocycles. The lowest BCUT2D eigenvalue weighted by molar-refractivity contribution is -0.221. The number of ether oxygens (including phenoxy) is 1. The van der Waals surface area contributed by atoms with Crippen LogP contribution in [0.4, 0.5) is 29.3 Å². The van der Waals surface area contributed by atoms with Crippen LogP contribution in [-0.2, 0) is 27.3 Å². The second-order valence-corrected chi connectivity index (χ2v) is 10.6. The van der Waals surface area contributed by atoms with Gasteiger partial charge in [-0.1, -0.05) is 28.9 Å². The smallest absolute Gasteiger partial charge is 0.416 e. The molecule has 1 aromatic heterocycles. The van der Waals surface area contributed by atoms with E-state index in [0.717, 1.165) is 6.07 Å². The fourth-order valence-electron chi connectivity index (χ4n) is 4.16. The minimum absolute atomic E-state index is 0.0308. The number of nitrogens with two attached hydrogens (primary N) is 1. The molecule has 0 bridgehead atoms. The largest absolute Gasteiger partial charge is 0.611 e. The number of alkyl halides is 3. The Kier molecular flexibility index (Phi) is 7.26. The zero-order valence-electron chi connectivity index (χ0n) is 19.5. The van der Waals surface area contributed by atoms with Gasteiger partial charge in [0.25, 0.3) is 0 Å². The van der Waals surface area contributed by atoms with E-state index in [-0.39, 0.29) is 53.4 Å². The molecular formula is C23H20ClF4N5O4S. The van der Waals surface area contributed by atoms with Crippen molar-refractivity contribution in [1.82, 2.24) is 10.1 Å². The number of carbonyl (C=O) groups is 1. The van der Waals surface area contributed by atoms with E-state index in [0.29, 0.717) is 10.6 Å². The number of nitrogens with zero attached hydrogens (tertiary/aromatic N) is 4. The number of hydrogen-bond donors (Lipinski definition) is 1. The van der Waals surface area contributed by atoms with E-state index >= 15 is 4.39 Å². The zero-order valence-corrected chi connectivity index (χ0v) is 21.0. The molecule has 1 saturated heterocycles. The van der Waals surface area contributed by atoms with E-state index in [2.05, 4.69) is 10.1 Å². The predicted octanol–water partition coefficient (Wildman–Crippen LogP) is 3.28. The van der Waals surface area contributed by atoms with Gasteiger partial charge in [-0.3, -0.25) is 4.79 Å². The van der Waals surface area contributed by atoms with Gasteiger partial charge in [-0.05, 0) is 34.9 Å². The van der Waals surface area contributed by atoms with Crippen LogP contribution < -0.4 is 15.5 Å². The fourth-order valence-corrected chi connectivity index (χ4v) is 5.57. The molecule has 1 fully saturated rings. The van der Waals surface area contributed by atoms with Gasteiger partial charge in [-0.2, -0.15) is 18.2 Å². The maximum atomic E-state index is 15.2. The van der Waals surface area contributed by atoms with Gasteiger partial charge in [-0.25, -0.2) is 4.39 Å². The van der Waals surface area contributed by atoms with Crippen molar-refractivity contribution >= 4 is 40.4 Å². The van der Waals surface area contributed by atoms with Crippen LogP contribution in [0.5, 0.6) is 0 Å². The molecular weight excluding hydrogens is 554 g/mol. The van der Waals surface area contributed by atoms with Gasteiger partial charge in [0.1, 0.15) is 23.3 Å². The molecule has 3 aromatic rings. The van der Waals surface area contributed by atoms with Crippen molar-refractivity contribution in [2.24, 2.45) is 5.73 Å². The molecule has 2 aliphatic rings. The summed E-state index contributed by atoms with van der Waals surface area (Å²) in [6.45, 7) is -0.703. The Morgan fingerprint density at radius 1 is 1.24 bits per heavy atom. The Morgan fingerprint density at radius 3 is 2.68 bits per heavy atom. The molecule has 2 aromatic carbocycles. The first-order chi connectivity index (χ1) is 18.0. The zero-order chi connectivity index (χ0) is 27.2. The number of benzene rings is 2. The van der Waals surface area contributed by atoms with E-state index in [1.54, 1.807) is 24.3 Å². The van der Waals surface area contributed by atoms with Crippen molar-refractivity contribution in [3.8, 4) is 11.4 Å². The maximum absolute atomic E-state index is 15.2. The average molecular weight is 574 g/mol. The van der Waals surface area contributed by atoms with Crippen molar-refractivity contribution in [2.75, 3.05) is 35.2 Å². The van der Waals surface area contributed by atoms with Crippen molar-refractivity contribution in [3.05, 3.63) is 52.8 Å². The summed E-state index contributed by atoms with van der Waals surface area (Å²) in [4.78, 5) is 19.8. The normalized spacial score (nSPS) is 22.4. The van der Waals surface area contributed by atoms with Gasteiger partial charge < -0.3 is 29.3 Å². The Bertz CT molecular complexity index is 1340. The Hall–Kier alpha value is -2.91. The lowest BCUT2D eigenvalue weighted by Gasteiger charge is -2.32. The van der Waals surface area contributed by atoms with Gasteiger partial charge >= 0.3 is 12.2 Å². The number of fused-ring (bicyclic) bond motifs is 1. The third kappa shape index (κ3) is 5.31. The highest BCUT2D eigenvalue weighted by atomic mass is 35.5. The first-order valence-electron chi connectivity index (χ1n) is 11.3. The van der Waals surface area contributed by atoms with E-state index in [1.807, 2.05) is 0 Å². The molecule has 9 nitrogen and oxygen atoms in total. The molecule has 202 valence electrons. The molecule has 3 heterocycles. The van der Waals surface area contributed by atoms with Gasteiger partial charge in [-0.15, -0.1) is 0 Å². The minimum atomic E-state index is -4.58. The highest BCUT2D eigenvalue weighted by Gasteiger charge is 2.44. The number of halogens is 5. The van der Waals surface area contributed by atoms with Crippen LogP contribution in [0, 0.1) is 5.82 Å². The topological polar surface area (TPSA) is 121 Å². The van der Waals surface area contributed by atoms with Crippen LogP contribution in [0.15, 0.2) is 45.8 Å². The number of aromatic nitrogens is 2. The SMILES string of the molecule is N[C@H]1C[S+]([O-])c2cc(F)c(-c3noc(N4CCOC(C(F)(F)F)C4)n3)cc2N(Cc2ccc(Cl)cc2)C1=O. The number of morpholine rings is 1. The number of carbonyl (C=O) groups excluding carboxylic acids is 1. The van der Waals surface area contributed by atoms with Crippen LogP contribution in [-0.4, -0.2) is 64.4 Å². The Balaban J connectivity index is 1.51. The number of amides is 1. The number of hydrogen-bond acceptors (Lipinski definition) is 8. The molecule has 0 radical (unpaired) electrons. The van der Waals surface area contributed by atoms with E-state index in [9.17, 15) is 22.5 Å². The first-order valence-corrected chi connectivity index (χ1v) is 13.0. The van der Waals surface area contributed by atoms with Crippen LogP contribution in [0.25, 0.3) is 11.4 Å². The lowest BCUT2D eigenvalue weighted by Crippen LogP contribution is -2.49.